The minimum absolute atomic E-state index is 0.578. The van der Waals surface area contributed by atoms with Gasteiger partial charge < -0.3 is 5.32 Å². The van der Waals surface area contributed by atoms with Crippen molar-refractivity contribution in [1.82, 2.24) is 5.32 Å². The molecule has 0 spiro atoms. The molecule has 1 heterocycles. The summed E-state index contributed by atoms with van der Waals surface area (Å²) in [6.07, 6.45) is 4.28. The maximum Gasteiger partial charge on any atom is 0.0144 e. The Balaban J connectivity index is 2.13. The van der Waals surface area contributed by atoms with Gasteiger partial charge in [0.1, 0.15) is 0 Å². The number of fused-ring (bicyclic) bond motifs is 1. The molecule has 2 atom stereocenters. The molecule has 1 aromatic carbocycles. The van der Waals surface area contributed by atoms with Gasteiger partial charge in [-0.05, 0) is 31.5 Å². The number of likely N-dealkylation sites (N-methyl/N-ethyl adjacent to an activating group) is 1. The van der Waals surface area contributed by atoms with Crippen molar-refractivity contribution in [1.29, 1.82) is 0 Å². The van der Waals surface area contributed by atoms with Crippen LogP contribution in [0.5, 0.6) is 0 Å². The first-order valence-electron chi connectivity index (χ1n) is 5.86. The smallest absolute Gasteiger partial charge is 0.0144 e. The predicted octanol–water partition coefficient (Wildman–Crippen LogP) is 3.43. The summed E-state index contributed by atoms with van der Waals surface area (Å²) in [4.78, 5) is 1.46. The maximum atomic E-state index is 3.80. The molecule has 1 nitrogen and oxygen atoms in total. The molecule has 1 aliphatic rings. The Morgan fingerprint density at radius 2 is 2.38 bits per heavy atom. The molecule has 2 unspecified atom stereocenters. The summed E-state index contributed by atoms with van der Waals surface area (Å²) in [6, 6.07) is 9.37. The molecule has 0 fully saturated rings. The summed E-state index contributed by atoms with van der Waals surface area (Å²) < 4.78 is 0. The zero-order valence-corrected chi connectivity index (χ0v) is 10.6. The highest BCUT2D eigenvalue weighted by Gasteiger charge is 2.28. The Morgan fingerprint density at radius 1 is 1.56 bits per heavy atom. The topological polar surface area (TPSA) is 12.0 Å². The van der Waals surface area contributed by atoms with E-state index in [0.29, 0.717) is 12.0 Å². The third-order valence-electron chi connectivity index (χ3n) is 3.28. The number of hydrogen-bond acceptors (Lipinski definition) is 2. The van der Waals surface area contributed by atoms with Crippen LogP contribution >= 0.6 is 11.8 Å². The second kappa shape index (κ2) is 5.55. The first-order chi connectivity index (χ1) is 7.86. The molecule has 1 aromatic rings. The molecule has 2 heteroatoms. The van der Waals surface area contributed by atoms with Crippen LogP contribution in [0.1, 0.15) is 24.3 Å². The van der Waals surface area contributed by atoms with E-state index in [1.807, 2.05) is 17.8 Å². The number of nitrogens with one attached hydrogen (secondary N) is 1. The van der Waals surface area contributed by atoms with Crippen LogP contribution in [0, 0.1) is 0 Å². The fourth-order valence-electron chi connectivity index (χ4n) is 2.36. The van der Waals surface area contributed by atoms with Crippen LogP contribution in [0.2, 0.25) is 0 Å². The molecule has 0 saturated carbocycles. The van der Waals surface area contributed by atoms with Gasteiger partial charge in [-0.3, -0.25) is 0 Å². The van der Waals surface area contributed by atoms with E-state index < -0.39 is 0 Å². The molecule has 2 rings (SSSR count). The van der Waals surface area contributed by atoms with Crippen molar-refractivity contribution in [2.24, 2.45) is 0 Å². The molecule has 0 radical (unpaired) electrons. The fourth-order valence-corrected chi connectivity index (χ4v) is 3.70. The van der Waals surface area contributed by atoms with Gasteiger partial charge in [0.25, 0.3) is 0 Å². The van der Waals surface area contributed by atoms with Gasteiger partial charge in [0.2, 0.25) is 0 Å². The van der Waals surface area contributed by atoms with Crippen LogP contribution in [0.25, 0.3) is 0 Å². The van der Waals surface area contributed by atoms with Crippen molar-refractivity contribution in [3.63, 3.8) is 0 Å². The van der Waals surface area contributed by atoms with E-state index in [1.165, 1.54) is 22.6 Å². The van der Waals surface area contributed by atoms with Gasteiger partial charge in [-0.1, -0.05) is 24.3 Å². The van der Waals surface area contributed by atoms with Crippen LogP contribution in [0.3, 0.4) is 0 Å². The van der Waals surface area contributed by atoms with E-state index in [4.69, 9.17) is 0 Å². The van der Waals surface area contributed by atoms with Crippen LogP contribution in [-0.4, -0.2) is 18.8 Å². The highest BCUT2D eigenvalue weighted by molar-refractivity contribution is 7.99. The number of hydrogen-bond donors (Lipinski definition) is 1. The molecule has 1 N–H and O–H groups in total. The van der Waals surface area contributed by atoms with Crippen molar-refractivity contribution in [2.75, 3.05) is 12.8 Å². The summed E-state index contributed by atoms with van der Waals surface area (Å²) in [6.45, 7) is 3.80. The number of benzene rings is 1. The van der Waals surface area contributed by atoms with E-state index in [-0.39, 0.29) is 0 Å². The maximum absolute atomic E-state index is 3.80. The highest BCUT2D eigenvalue weighted by Crippen LogP contribution is 2.41. The van der Waals surface area contributed by atoms with Gasteiger partial charge in [-0.15, -0.1) is 18.3 Å². The Bertz CT molecular complexity index is 362. The quantitative estimate of drug-likeness (QED) is 0.782. The zero-order chi connectivity index (χ0) is 11.4. The lowest BCUT2D eigenvalue weighted by atomic mass is 9.90. The molecule has 0 bridgehead atoms. The zero-order valence-electron chi connectivity index (χ0n) is 9.78. The van der Waals surface area contributed by atoms with Crippen molar-refractivity contribution in [3.8, 4) is 0 Å². The van der Waals surface area contributed by atoms with Crippen LogP contribution < -0.4 is 5.32 Å². The summed E-state index contributed by atoms with van der Waals surface area (Å²) in [5.74, 6) is 1.87. The second-order valence-corrected chi connectivity index (χ2v) is 5.28. The molecule has 16 heavy (non-hydrogen) atoms. The molecule has 0 amide bonds. The van der Waals surface area contributed by atoms with Crippen molar-refractivity contribution >= 4 is 11.8 Å². The lowest BCUT2D eigenvalue weighted by Crippen LogP contribution is -2.32. The monoisotopic (exact) mass is 233 g/mol. The summed E-state index contributed by atoms with van der Waals surface area (Å²) in [7, 11) is 2.07. The number of thioether (sulfide) groups is 1. The Morgan fingerprint density at radius 3 is 3.12 bits per heavy atom. The summed E-state index contributed by atoms with van der Waals surface area (Å²) in [5.41, 5.74) is 1.52. The molecule has 0 saturated heterocycles. The second-order valence-electron chi connectivity index (χ2n) is 4.22. The number of allylic oxidation sites excluding steroid dienone is 1. The van der Waals surface area contributed by atoms with Crippen molar-refractivity contribution < 1.29 is 0 Å². The van der Waals surface area contributed by atoms with Crippen LogP contribution in [-0.2, 0) is 0 Å². The third-order valence-corrected chi connectivity index (χ3v) is 4.48. The summed E-state index contributed by atoms with van der Waals surface area (Å²) >= 11 is 1.99. The van der Waals surface area contributed by atoms with E-state index in [1.54, 1.807) is 0 Å². The molecule has 0 aromatic heterocycles. The minimum Gasteiger partial charge on any atom is -0.316 e. The fraction of sp³-hybridized carbons (Fsp3) is 0.429. The summed E-state index contributed by atoms with van der Waals surface area (Å²) in [5, 5.41) is 3.46. The first kappa shape index (κ1) is 11.7. The average Bonchev–Trinajstić information content (AvgIpc) is 2.75. The Labute approximate surface area is 102 Å². The first-order valence-corrected chi connectivity index (χ1v) is 6.85. The van der Waals surface area contributed by atoms with Crippen molar-refractivity contribution in [3.05, 3.63) is 42.5 Å². The van der Waals surface area contributed by atoms with Gasteiger partial charge >= 0.3 is 0 Å². The minimum atomic E-state index is 0.578. The van der Waals surface area contributed by atoms with Gasteiger partial charge in [0.15, 0.2) is 0 Å². The third kappa shape index (κ3) is 2.33. The Kier molecular flexibility index (Phi) is 4.08. The van der Waals surface area contributed by atoms with E-state index >= 15 is 0 Å². The van der Waals surface area contributed by atoms with E-state index in [0.717, 1.165) is 6.42 Å². The normalized spacial score (nSPS) is 20.4. The SMILES string of the molecule is C=CCCC(NC)C1CSc2ccccc21. The molecule has 1 aliphatic heterocycles. The van der Waals surface area contributed by atoms with E-state index in [9.17, 15) is 0 Å². The van der Waals surface area contributed by atoms with Crippen LogP contribution in [0.15, 0.2) is 41.8 Å². The van der Waals surface area contributed by atoms with E-state index in [2.05, 4.69) is 43.2 Å². The van der Waals surface area contributed by atoms with Gasteiger partial charge in [-0.25, -0.2) is 0 Å². The lowest BCUT2D eigenvalue weighted by Gasteiger charge is -2.23. The predicted molar refractivity (Wildman–Crippen MR) is 72.2 cm³/mol. The average molecular weight is 233 g/mol. The molecule has 0 aliphatic carbocycles. The largest absolute Gasteiger partial charge is 0.316 e. The van der Waals surface area contributed by atoms with Gasteiger partial charge in [0.05, 0.1) is 0 Å². The molecular formula is C14H19NS. The van der Waals surface area contributed by atoms with Gasteiger partial charge in [0, 0.05) is 22.6 Å². The Hall–Kier alpha value is -0.730. The number of rotatable bonds is 5. The molecule has 86 valence electrons. The highest BCUT2D eigenvalue weighted by atomic mass is 32.2. The lowest BCUT2D eigenvalue weighted by molar-refractivity contribution is 0.464. The molecular weight excluding hydrogens is 214 g/mol. The van der Waals surface area contributed by atoms with Gasteiger partial charge in [-0.2, -0.15) is 0 Å². The van der Waals surface area contributed by atoms with Crippen LogP contribution in [0.4, 0.5) is 0 Å². The standard InChI is InChI=1S/C14H19NS/c1-3-4-8-13(15-2)12-10-16-14-9-6-5-7-11(12)14/h3,5-7,9,12-13,15H,1,4,8,10H2,2H3. The van der Waals surface area contributed by atoms with Crippen molar-refractivity contribution in [2.45, 2.75) is 29.7 Å².